The normalized spacial score (nSPS) is 17.5. The molecule has 3 rings (SSSR count). The van der Waals surface area contributed by atoms with Crippen LogP contribution in [0.5, 0.6) is 11.5 Å². The van der Waals surface area contributed by atoms with Gasteiger partial charge in [-0.2, -0.15) is 0 Å². The second-order valence-electron chi connectivity index (χ2n) is 4.99. The molecule has 0 saturated carbocycles. The molecule has 0 unspecified atom stereocenters. The van der Waals surface area contributed by atoms with E-state index in [0.29, 0.717) is 41.9 Å². The van der Waals surface area contributed by atoms with Crippen LogP contribution in [0.25, 0.3) is 0 Å². The van der Waals surface area contributed by atoms with Gasteiger partial charge in [-0.25, -0.2) is 13.5 Å². The third-order valence-electron chi connectivity index (χ3n) is 3.66. The van der Waals surface area contributed by atoms with Gasteiger partial charge in [0.05, 0.1) is 45.4 Å². The molecule has 0 fully saturated rings. The van der Waals surface area contributed by atoms with Gasteiger partial charge in [0.15, 0.2) is 17.3 Å². The third kappa shape index (κ3) is 2.99. The monoisotopic (exact) mass is 350 g/mol. The summed E-state index contributed by atoms with van der Waals surface area (Å²) >= 11 is 0. The average Bonchev–Trinajstić information content (AvgIpc) is 3.08. The Morgan fingerprint density at radius 1 is 1.21 bits per heavy atom. The molecule has 0 aromatic carbocycles. The fourth-order valence-corrected chi connectivity index (χ4v) is 3.67. The predicted octanol–water partition coefficient (Wildman–Crippen LogP) is 1.27. The minimum atomic E-state index is -1.45. The van der Waals surface area contributed by atoms with E-state index in [-0.39, 0.29) is 5.75 Å². The van der Waals surface area contributed by atoms with Crippen LogP contribution in [-0.4, -0.2) is 53.0 Å². The van der Waals surface area contributed by atoms with E-state index in [0.717, 1.165) is 5.71 Å². The number of hydrogen-bond donors (Lipinski definition) is 0. The SMILES string of the molecule is COC1=CN([S@@](=O)Cc2nccc(OC)c2OC)C2=NCN=C2C1. The van der Waals surface area contributed by atoms with Crippen molar-refractivity contribution in [3.8, 4) is 11.5 Å². The van der Waals surface area contributed by atoms with E-state index in [9.17, 15) is 4.21 Å². The maximum atomic E-state index is 12.9. The Morgan fingerprint density at radius 3 is 2.75 bits per heavy atom. The van der Waals surface area contributed by atoms with Gasteiger partial charge in [0, 0.05) is 12.3 Å². The molecule has 2 aliphatic rings. The van der Waals surface area contributed by atoms with Crippen molar-refractivity contribution < 1.29 is 18.4 Å². The minimum Gasteiger partial charge on any atom is -0.499 e. The maximum absolute atomic E-state index is 12.9. The number of aliphatic imine (C=N–C) groups is 2. The summed E-state index contributed by atoms with van der Waals surface area (Å²) in [6, 6.07) is 1.70. The highest BCUT2D eigenvalue weighted by Crippen LogP contribution is 2.30. The first kappa shape index (κ1) is 16.4. The molecule has 0 aliphatic carbocycles. The fraction of sp³-hybridized carbons (Fsp3) is 0.400. The molecule has 1 atom stereocenters. The topological polar surface area (TPSA) is 85.6 Å². The number of ether oxygens (including phenoxy) is 3. The summed E-state index contributed by atoms with van der Waals surface area (Å²) in [6.45, 7) is 0.351. The Morgan fingerprint density at radius 2 is 2.04 bits per heavy atom. The van der Waals surface area contributed by atoms with Gasteiger partial charge in [-0.15, -0.1) is 0 Å². The van der Waals surface area contributed by atoms with E-state index in [2.05, 4.69) is 15.0 Å². The van der Waals surface area contributed by atoms with Crippen LogP contribution in [0.4, 0.5) is 0 Å². The van der Waals surface area contributed by atoms with E-state index >= 15 is 0 Å². The lowest BCUT2D eigenvalue weighted by atomic mass is 10.2. The van der Waals surface area contributed by atoms with Crippen LogP contribution in [0.2, 0.25) is 0 Å². The van der Waals surface area contributed by atoms with Gasteiger partial charge < -0.3 is 14.2 Å². The number of pyridine rings is 1. The second-order valence-corrected chi connectivity index (χ2v) is 6.31. The molecular weight excluding hydrogens is 332 g/mol. The van der Waals surface area contributed by atoms with Gasteiger partial charge >= 0.3 is 0 Å². The number of amidine groups is 1. The first-order valence-electron chi connectivity index (χ1n) is 7.24. The molecule has 0 radical (unpaired) electrons. The minimum absolute atomic E-state index is 0.153. The van der Waals surface area contributed by atoms with E-state index in [4.69, 9.17) is 14.2 Å². The smallest absolute Gasteiger partial charge is 0.183 e. The molecule has 0 spiro atoms. The number of aromatic nitrogens is 1. The highest BCUT2D eigenvalue weighted by molar-refractivity contribution is 7.82. The van der Waals surface area contributed by atoms with Crippen molar-refractivity contribution in [3.63, 3.8) is 0 Å². The highest BCUT2D eigenvalue weighted by Gasteiger charge is 2.30. The molecule has 0 N–H and O–H groups in total. The third-order valence-corrected chi connectivity index (χ3v) is 4.90. The van der Waals surface area contributed by atoms with Gasteiger partial charge in [-0.1, -0.05) is 0 Å². The zero-order valence-corrected chi connectivity index (χ0v) is 14.5. The zero-order valence-electron chi connectivity index (χ0n) is 13.7. The molecule has 2 aliphatic heterocycles. The molecule has 128 valence electrons. The quantitative estimate of drug-likeness (QED) is 0.771. The Bertz CT molecular complexity index is 760. The van der Waals surface area contributed by atoms with Gasteiger partial charge in [0.1, 0.15) is 29.1 Å². The van der Waals surface area contributed by atoms with Gasteiger partial charge in [0.2, 0.25) is 0 Å². The molecule has 9 heteroatoms. The molecule has 1 aromatic rings. The second kappa shape index (κ2) is 7.00. The Hall–Kier alpha value is -2.42. The van der Waals surface area contributed by atoms with Crippen LogP contribution in [0, 0.1) is 0 Å². The zero-order chi connectivity index (χ0) is 17.1. The van der Waals surface area contributed by atoms with Crippen LogP contribution >= 0.6 is 0 Å². The average molecular weight is 350 g/mol. The van der Waals surface area contributed by atoms with Crippen molar-refractivity contribution in [2.75, 3.05) is 28.0 Å². The van der Waals surface area contributed by atoms with Crippen LogP contribution in [0.15, 0.2) is 34.2 Å². The fourth-order valence-electron chi connectivity index (χ4n) is 2.50. The molecule has 0 amide bonds. The van der Waals surface area contributed by atoms with Crippen molar-refractivity contribution in [2.24, 2.45) is 9.98 Å². The summed E-state index contributed by atoms with van der Waals surface area (Å²) < 4.78 is 30.4. The number of methoxy groups -OCH3 is 3. The van der Waals surface area contributed by atoms with E-state index in [1.165, 1.54) is 7.11 Å². The first-order chi connectivity index (χ1) is 11.7. The summed E-state index contributed by atoms with van der Waals surface area (Å²) in [7, 11) is 3.21. The lowest BCUT2D eigenvalue weighted by molar-refractivity contribution is 0.281. The van der Waals surface area contributed by atoms with Crippen molar-refractivity contribution in [1.82, 2.24) is 9.29 Å². The van der Waals surface area contributed by atoms with Crippen LogP contribution in [0.3, 0.4) is 0 Å². The summed E-state index contributed by atoms with van der Waals surface area (Å²) in [5, 5.41) is 0. The van der Waals surface area contributed by atoms with Crippen molar-refractivity contribution in [1.29, 1.82) is 0 Å². The Balaban J connectivity index is 1.88. The maximum Gasteiger partial charge on any atom is 0.183 e. The molecule has 3 heterocycles. The van der Waals surface area contributed by atoms with E-state index in [1.807, 2.05) is 0 Å². The van der Waals surface area contributed by atoms with Crippen LogP contribution in [0.1, 0.15) is 12.1 Å². The first-order valence-corrected chi connectivity index (χ1v) is 8.52. The summed E-state index contributed by atoms with van der Waals surface area (Å²) in [5.74, 6) is 2.49. The largest absolute Gasteiger partial charge is 0.499 e. The van der Waals surface area contributed by atoms with Gasteiger partial charge in [-0.05, 0) is 0 Å². The molecule has 8 nitrogen and oxygen atoms in total. The molecule has 0 bridgehead atoms. The van der Waals surface area contributed by atoms with Crippen LogP contribution in [-0.2, 0) is 21.5 Å². The number of allylic oxidation sites excluding steroid dienone is 1. The number of hydrogen-bond acceptors (Lipinski definition) is 7. The number of rotatable bonds is 6. The lowest BCUT2D eigenvalue weighted by Gasteiger charge is -2.25. The Labute approximate surface area is 142 Å². The van der Waals surface area contributed by atoms with Crippen molar-refractivity contribution in [2.45, 2.75) is 12.2 Å². The van der Waals surface area contributed by atoms with Crippen molar-refractivity contribution >= 4 is 22.5 Å². The summed E-state index contributed by atoms with van der Waals surface area (Å²) in [6.07, 6.45) is 3.86. The summed E-state index contributed by atoms with van der Waals surface area (Å²) in [5.41, 5.74) is 1.33. The van der Waals surface area contributed by atoms with Crippen LogP contribution < -0.4 is 9.47 Å². The predicted molar refractivity (Wildman–Crippen MR) is 90.5 cm³/mol. The molecule has 24 heavy (non-hydrogen) atoms. The van der Waals surface area contributed by atoms with Crippen molar-refractivity contribution in [3.05, 3.63) is 29.9 Å². The lowest BCUT2D eigenvalue weighted by Crippen LogP contribution is -2.37. The standard InChI is InChI=1S/C15H18N4O4S/c1-21-10-6-11-15(18-9-17-11)19(7-10)24(20)8-12-14(23-3)13(22-2)4-5-16-12/h4-5,7H,6,8-9H2,1-3H3/t24-/m0/s1. The summed E-state index contributed by atoms with van der Waals surface area (Å²) in [4.78, 5) is 12.9. The van der Waals surface area contributed by atoms with Gasteiger partial charge in [0.25, 0.3) is 0 Å². The van der Waals surface area contributed by atoms with E-state index < -0.39 is 11.0 Å². The Kier molecular flexibility index (Phi) is 4.79. The highest BCUT2D eigenvalue weighted by atomic mass is 32.2. The molecule has 1 aromatic heterocycles. The number of nitrogens with zero attached hydrogens (tertiary/aromatic N) is 4. The number of fused-ring (bicyclic) bond motifs is 1. The van der Waals surface area contributed by atoms with Gasteiger partial charge in [-0.3, -0.25) is 9.98 Å². The molecular formula is C15H18N4O4S. The van der Waals surface area contributed by atoms with E-state index in [1.54, 1.807) is 37.0 Å². The molecule has 0 saturated heterocycles.